The van der Waals surface area contributed by atoms with E-state index in [4.69, 9.17) is 9.47 Å². The number of nitrogens with one attached hydrogen (secondary N) is 3. The van der Waals surface area contributed by atoms with E-state index in [2.05, 4.69) is 55.6 Å². The van der Waals surface area contributed by atoms with Gasteiger partial charge < -0.3 is 24.6 Å². The van der Waals surface area contributed by atoms with Crippen molar-refractivity contribution in [2.45, 2.75) is 38.8 Å². The zero-order chi connectivity index (χ0) is 21.6. The molecule has 1 saturated heterocycles. The maximum Gasteiger partial charge on any atom is 0.278 e. The van der Waals surface area contributed by atoms with Crippen LogP contribution in [0.1, 0.15) is 37.3 Å². The fourth-order valence-electron chi connectivity index (χ4n) is 4.66. The Kier molecular flexibility index (Phi) is 7.10. The number of amides is 1. The lowest BCUT2D eigenvalue weighted by Crippen LogP contribution is -3.29. The van der Waals surface area contributed by atoms with Gasteiger partial charge in [-0.1, -0.05) is 37.3 Å². The van der Waals surface area contributed by atoms with E-state index < -0.39 is 0 Å². The molecule has 0 aromatic heterocycles. The molecule has 2 aliphatic heterocycles. The number of benzene rings is 2. The van der Waals surface area contributed by atoms with Crippen molar-refractivity contribution in [1.82, 2.24) is 5.32 Å². The van der Waals surface area contributed by atoms with Crippen LogP contribution in [0.5, 0.6) is 11.5 Å². The maximum atomic E-state index is 12.8. The quantitative estimate of drug-likeness (QED) is 0.574. The highest BCUT2D eigenvalue weighted by Gasteiger charge is 2.31. The van der Waals surface area contributed by atoms with Crippen LogP contribution in [0, 0.1) is 0 Å². The lowest BCUT2D eigenvalue weighted by molar-refractivity contribution is -1.02. The van der Waals surface area contributed by atoms with E-state index in [1.165, 1.54) is 16.0 Å². The van der Waals surface area contributed by atoms with Crippen LogP contribution in [0.4, 0.5) is 0 Å². The Labute approximate surface area is 185 Å². The van der Waals surface area contributed by atoms with Crippen molar-refractivity contribution in [2.24, 2.45) is 0 Å². The summed E-state index contributed by atoms with van der Waals surface area (Å²) in [7, 11) is 0. The monoisotopic (exact) mass is 425 g/mol. The van der Waals surface area contributed by atoms with Gasteiger partial charge in [-0.3, -0.25) is 4.79 Å². The molecular formula is C25H35N3O3+2. The summed E-state index contributed by atoms with van der Waals surface area (Å²) in [5, 5.41) is 3.21. The summed E-state index contributed by atoms with van der Waals surface area (Å²) in [4.78, 5) is 15.8. The molecule has 31 heavy (non-hydrogen) atoms. The van der Waals surface area contributed by atoms with Crippen LogP contribution in [0.3, 0.4) is 0 Å². The van der Waals surface area contributed by atoms with Gasteiger partial charge in [0, 0.05) is 18.0 Å². The summed E-state index contributed by atoms with van der Waals surface area (Å²) in [6.45, 7) is 10.4. The van der Waals surface area contributed by atoms with Gasteiger partial charge in [0.1, 0.15) is 32.7 Å². The van der Waals surface area contributed by atoms with Gasteiger partial charge in [-0.25, -0.2) is 0 Å². The molecule has 6 heteroatoms. The first-order chi connectivity index (χ1) is 15.1. The number of piperazine rings is 1. The van der Waals surface area contributed by atoms with Crippen LogP contribution in [0.15, 0.2) is 48.5 Å². The summed E-state index contributed by atoms with van der Waals surface area (Å²) < 4.78 is 10.9. The Balaban J connectivity index is 1.23. The smallest absolute Gasteiger partial charge is 0.278 e. The van der Waals surface area contributed by atoms with Crippen molar-refractivity contribution in [3.63, 3.8) is 0 Å². The first-order valence-electron chi connectivity index (χ1n) is 11.5. The summed E-state index contributed by atoms with van der Waals surface area (Å²) in [5.41, 5.74) is 2.58. The molecule has 6 nitrogen and oxygen atoms in total. The fraction of sp³-hybridized carbons (Fsp3) is 0.480. The van der Waals surface area contributed by atoms with E-state index in [0.717, 1.165) is 50.6 Å². The van der Waals surface area contributed by atoms with Gasteiger partial charge >= 0.3 is 0 Å². The Bertz CT molecular complexity index is 866. The molecule has 0 unspecified atom stereocenters. The molecule has 0 radical (unpaired) electrons. The van der Waals surface area contributed by atoms with Crippen LogP contribution in [0.2, 0.25) is 0 Å². The van der Waals surface area contributed by atoms with Gasteiger partial charge in [-0.05, 0) is 37.1 Å². The first kappa shape index (κ1) is 21.7. The van der Waals surface area contributed by atoms with E-state index in [0.29, 0.717) is 19.3 Å². The zero-order valence-electron chi connectivity index (χ0n) is 18.7. The summed E-state index contributed by atoms with van der Waals surface area (Å²) >= 11 is 0. The number of quaternary nitrogens is 2. The lowest BCUT2D eigenvalue weighted by atomic mass is 9.96. The number of carbonyl (C=O) groups excluding carboxylic acids is 1. The molecule has 0 spiro atoms. The highest BCUT2D eigenvalue weighted by atomic mass is 16.7. The Morgan fingerprint density at radius 3 is 2.52 bits per heavy atom. The van der Waals surface area contributed by atoms with Crippen LogP contribution >= 0.6 is 0 Å². The Hall–Kier alpha value is -2.57. The summed E-state index contributed by atoms with van der Waals surface area (Å²) in [5.74, 6) is 2.23. The summed E-state index contributed by atoms with van der Waals surface area (Å²) in [6, 6.07) is 16.7. The second kappa shape index (κ2) is 10.2. The topological polar surface area (TPSA) is 56.4 Å². The van der Waals surface area contributed by atoms with Gasteiger partial charge in [0.25, 0.3) is 5.91 Å². The third kappa shape index (κ3) is 5.38. The molecule has 1 fully saturated rings. The van der Waals surface area contributed by atoms with Crippen molar-refractivity contribution < 1.29 is 24.1 Å². The zero-order valence-corrected chi connectivity index (χ0v) is 18.7. The highest BCUT2D eigenvalue weighted by Crippen LogP contribution is 2.32. The van der Waals surface area contributed by atoms with Gasteiger partial charge in [0.2, 0.25) is 6.79 Å². The first-order valence-corrected chi connectivity index (χ1v) is 11.5. The standard InChI is InChI=1S/C25H33N3O3/c1-3-21(22-7-5-4-6-8-22)16-26-25(29)19(2)28-13-11-27(12-14-28)17-20-9-10-23-24(15-20)31-18-30-23/h4-10,15,19,21H,3,11-14,16-18H2,1-2H3,(H,26,29)/p+2/t19-,21+/m1/s1. The van der Waals surface area contributed by atoms with E-state index in [1.54, 1.807) is 4.90 Å². The van der Waals surface area contributed by atoms with Crippen LogP contribution in [0.25, 0.3) is 0 Å². The highest BCUT2D eigenvalue weighted by molar-refractivity contribution is 5.80. The number of hydrogen-bond donors (Lipinski definition) is 3. The predicted octanol–water partition coefficient (Wildman–Crippen LogP) is 0.397. The molecule has 166 valence electrons. The van der Waals surface area contributed by atoms with Crippen molar-refractivity contribution in [2.75, 3.05) is 39.5 Å². The van der Waals surface area contributed by atoms with Crippen LogP contribution < -0.4 is 24.6 Å². The van der Waals surface area contributed by atoms with E-state index in [-0.39, 0.29) is 11.9 Å². The molecule has 2 aromatic carbocycles. The average molecular weight is 426 g/mol. The van der Waals surface area contributed by atoms with Gasteiger partial charge in [0.05, 0.1) is 0 Å². The van der Waals surface area contributed by atoms with E-state index in [9.17, 15) is 4.79 Å². The lowest BCUT2D eigenvalue weighted by Gasteiger charge is -2.33. The predicted molar refractivity (Wildman–Crippen MR) is 120 cm³/mol. The maximum absolute atomic E-state index is 12.8. The Morgan fingerprint density at radius 1 is 1.03 bits per heavy atom. The number of ether oxygens (including phenoxy) is 2. The molecule has 0 saturated carbocycles. The fourth-order valence-corrected chi connectivity index (χ4v) is 4.66. The van der Waals surface area contributed by atoms with Crippen molar-refractivity contribution >= 4 is 5.91 Å². The third-order valence-corrected chi connectivity index (χ3v) is 6.78. The van der Waals surface area contributed by atoms with Crippen LogP contribution in [-0.4, -0.2) is 51.5 Å². The molecule has 2 atom stereocenters. The third-order valence-electron chi connectivity index (χ3n) is 6.78. The van der Waals surface area contributed by atoms with Crippen LogP contribution in [-0.2, 0) is 11.3 Å². The largest absolute Gasteiger partial charge is 0.454 e. The SMILES string of the molecule is CC[C@@H](CNC(=O)[C@@H](C)[NH+]1CC[NH+](Cc2ccc3c(c2)OCO3)CC1)c1ccccc1. The molecule has 2 aliphatic rings. The van der Waals surface area contributed by atoms with E-state index in [1.807, 2.05) is 12.1 Å². The van der Waals surface area contributed by atoms with E-state index >= 15 is 0 Å². The number of rotatable bonds is 8. The summed E-state index contributed by atoms with van der Waals surface area (Å²) in [6.07, 6.45) is 1.02. The number of carbonyl (C=O) groups is 1. The van der Waals surface area contributed by atoms with Crippen molar-refractivity contribution in [3.05, 3.63) is 59.7 Å². The van der Waals surface area contributed by atoms with Gasteiger partial charge in [-0.15, -0.1) is 0 Å². The molecule has 0 aliphatic carbocycles. The molecule has 4 rings (SSSR count). The van der Waals surface area contributed by atoms with Crippen molar-refractivity contribution in [3.8, 4) is 11.5 Å². The molecule has 2 aromatic rings. The Morgan fingerprint density at radius 2 is 1.77 bits per heavy atom. The molecule has 1 amide bonds. The second-order valence-electron chi connectivity index (χ2n) is 8.76. The second-order valence-corrected chi connectivity index (χ2v) is 8.76. The average Bonchev–Trinajstić information content (AvgIpc) is 3.28. The molecule has 2 heterocycles. The minimum Gasteiger partial charge on any atom is -0.454 e. The number of fused-ring (bicyclic) bond motifs is 1. The van der Waals surface area contributed by atoms with Gasteiger partial charge in [-0.2, -0.15) is 0 Å². The molecular weight excluding hydrogens is 390 g/mol. The minimum absolute atomic E-state index is 0.0135. The molecule has 3 N–H and O–H groups in total. The number of hydrogen-bond acceptors (Lipinski definition) is 3. The minimum atomic E-state index is -0.0135. The normalized spacial score (nSPS) is 22.0. The van der Waals surface area contributed by atoms with Gasteiger partial charge in [0.15, 0.2) is 17.5 Å². The van der Waals surface area contributed by atoms with Crippen molar-refractivity contribution in [1.29, 1.82) is 0 Å². The molecule has 0 bridgehead atoms.